The summed E-state index contributed by atoms with van der Waals surface area (Å²) >= 11 is 0. The van der Waals surface area contributed by atoms with Crippen molar-refractivity contribution in [2.75, 3.05) is 19.6 Å². The third-order valence-corrected chi connectivity index (χ3v) is 4.29. The Morgan fingerprint density at radius 2 is 1.83 bits per heavy atom. The van der Waals surface area contributed by atoms with E-state index in [-0.39, 0.29) is 0 Å². The van der Waals surface area contributed by atoms with E-state index >= 15 is 0 Å². The van der Waals surface area contributed by atoms with Crippen LogP contribution < -0.4 is 0 Å². The van der Waals surface area contributed by atoms with Crippen molar-refractivity contribution in [2.45, 2.75) is 51.9 Å². The van der Waals surface area contributed by atoms with E-state index in [0.29, 0.717) is 0 Å². The molecular weight excluding hydrogens is 218 g/mol. The molecule has 1 nitrogen and oxygen atoms in total. The first-order valence-electron chi connectivity index (χ1n) is 7.65. The fraction of sp³-hybridized carbons (Fsp3) is 0.647. The molecule has 0 atom stereocenters. The van der Waals surface area contributed by atoms with Gasteiger partial charge >= 0.3 is 0 Å². The van der Waals surface area contributed by atoms with Crippen molar-refractivity contribution in [3.8, 4) is 0 Å². The van der Waals surface area contributed by atoms with Gasteiger partial charge in [0.1, 0.15) is 0 Å². The zero-order valence-corrected chi connectivity index (χ0v) is 12.0. The van der Waals surface area contributed by atoms with E-state index in [2.05, 4.69) is 43.0 Å². The molecular formula is C17H27N. The fourth-order valence-electron chi connectivity index (χ4n) is 3.10. The van der Waals surface area contributed by atoms with E-state index in [9.17, 15) is 0 Å². The highest BCUT2D eigenvalue weighted by Crippen LogP contribution is 2.30. The van der Waals surface area contributed by atoms with Crippen LogP contribution in [0.5, 0.6) is 0 Å². The lowest BCUT2D eigenvalue weighted by Gasteiger charge is -2.33. The van der Waals surface area contributed by atoms with Gasteiger partial charge in [-0.2, -0.15) is 0 Å². The van der Waals surface area contributed by atoms with Crippen LogP contribution in [-0.4, -0.2) is 24.5 Å². The maximum atomic E-state index is 2.65. The number of piperidine rings is 1. The molecule has 0 aromatic heterocycles. The molecule has 1 heterocycles. The van der Waals surface area contributed by atoms with Gasteiger partial charge in [0.2, 0.25) is 0 Å². The summed E-state index contributed by atoms with van der Waals surface area (Å²) in [5.41, 5.74) is 3.18. The van der Waals surface area contributed by atoms with Gasteiger partial charge in [-0.25, -0.2) is 0 Å². The molecule has 100 valence electrons. The maximum Gasteiger partial charge on any atom is -0.00129 e. The van der Waals surface area contributed by atoms with Gasteiger partial charge in [0.25, 0.3) is 0 Å². The molecule has 0 bridgehead atoms. The van der Waals surface area contributed by atoms with Gasteiger partial charge in [0, 0.05) is 0 Å². The van der Waals surface area contributed by atoms with Crippen LogP contribution in [0.4, 0.5) is 0 Å². The molecule has 1 aliphatic heterocycles. The van der Waals surface area contributed by atoms with Crippen LogP contribution in [0.15, 0.2) is 24.3 Å². The monoisotopic (exact) mass is 245 g/mol. The van der Waals surface area contributed by atoms with E-state index in [1.807, 2.05) is 0 Å². The van der Waals surface area contributed by atoms with Gasteiger partial charge in [-0.3, -0.25) is 0 Å². The van der Waals surface area contributed by atoms with Crippen LogP contribution in [0, 0.1) is 0 Å². The number of unbranched alkanes of at least 4 members (excludes halogenated alkanes) is 1. The van der Waals surface area contributed by atoms with Gasteiger partial charge in [-0.15, -0.1) is 0 Å². The van der Waals surface area contributed by atoms with Crippen LogP contribution in [0.1, 0.15) is 56.6 Å². The Bertz CT molecular complexity index is 350. The average molecular weight is 245 g/mol. The van der Waals surface area contributed by atoms with Gasteiger partial charge in [-0.1, -0.05) is 44.5 Å². The number of benzene rings is 1. The van der Waals surface area contributed by atoms with Gasteiger partial charge in [0.05, 0.1) is 0 Å². The number of likely N-dealkylation sites (tertiary alicyclic amines) is 1. The Balaban J connectivity index is 1.92. The fourth-order valence-corrected chi connectivity index (χ4v) is 3.10. The van der Waals surface area contributed by atoms with E-state index in [1.165, 1.54) is 51.7 Å². The lowest BCUT2D eigenvalue weighted by molar-refractivity contribution is 0.209. The van der Waals surface area contributed by atoms with Crippen LogP contribution >= 0.6 is 0 Å². The minimum atomic E-state index is 0.805. The predicted octanol–water partition coefficient (Wildman–Crippen LogP) is 4.23. The minimum absolute atomic E-state index is 0.805. The standard InChI is InChI=1S/C17H27N/c1-3-5-12-18-13-10-16(11-14-18)17-9-7-6-8-15(17)4-2/h6-9,16H,3-5,10-14H2,1-2H3. The summed E-state index contributed by atoms with van der Waals surface area (Å²) in [6.45, 7) is 8.45. The molecule has 0 amide bonds. The smallest absolute Gasteiger partial charge is 0.00129 e. The van der Waals surface area contributed by atoms with Crippen LogP contribution in [-0.2, 0) is 6.42 Å². The topological polar surface area (TPSA) is 3.24 Å². The zero-order chi connectivity index (χ0) is 12.8. The molecule has 0 unspecified atom stereocenters. The van der Waals surface area contributed by atoms with Crippen molar-refractivity contribution < 1.29 is 0 Å². The molecule has 0 saturated carbocycles. The highest BCUT2D eigenvalue weighted by molar-refractivity contribution is 5.30. The maximum absolute atomic E-state index is 2.65. The van der Waals surface area contributed by atoms with Gasteiger partial charge in [0.15, 0.2) is 0 Å². The first kappa shape index (κ1) is 13.6. The Labute approximate surface area is 112 Å². The highest BCUT2D eigenvalue weighted by atomic mass is 15.1. The number of hydrogen-bond donors (Lipinski definition) is 0. The van der Waals surface area contributed by atoms with Crippen molar-refractivity contribution in [2.24, 2.45) is 0 Å². The molecule has 1 aromatic rings. The molecule has 1 saturated heterocycles. The van der Waals surface area contributed by atoms with Gasteiger partial charge < -0.3 is 4.90 Å². The quantitative estimate of drug-likeness (QED) is 0.750. The lowest BCUT2D eigenvalue weighted by Crippen LogP contribution is -2.33. The molecule has 2 rings (SSSR count). The number of nitrogens with zero attached hydrogens (tertiary/aromatic N) is 1. The summed E-state index contributed by atoms with van der Waals surface area (Å²) in [6.07, 6.45) is 6.54. The molecule has 1 heteroatoms. The molecule has 1 aliphatic rings. The van der Waals surface area contributed by atoms with E-state index in [0.717, 1.165) is 5.92 Å². The van der Waals surface area contributed by atoms with Crippen molar-refractivity contribution >= 4 is 0 Å². The molecule has 0 aliphatic carbocycles. The highest BCUT2D eigenvalue weighted by Gasteiger charge is 2.21. The van der Waals surface area contributed by atoms with Crippen molar-refractivity contribution in [1.82, 2.24) is 4.90 Å². The summed E-state index contributed by atoms with van der Waals surface area (Å²) in [6, 6.07) is 9.04. The lowest BCUT2D eigenvalue weighted by atomic mass is 9.86. The van der Waals surface area contributed by atoms with Crippen LogP contribution in [0.25, 0.3) is 0 Å². The largest absolute Gasteiger partial charge is 0.303 e. The Morgan fingerprint density at radius 1 is 1.11 bits per heavy atom. The van der Waals surface area contributed by atoms with Crippen LogP contribution in [0.2, 0.25) is 0 Å². The molecule has 0 radical (unpaired) electrons. The van der Waals surface area contributed by atoms with E-state index in [1.54, 1.807) is 11.1 Å². The van der Waals surface area contributed by atoms with Crippen molar-refractivity contribution in [1.29, 1.82) is 0 Å². The summed E-state index contributed by atoms with van der Waals surface area (Å²) in [7, 11) is 0. The van der Waals surface area contributed by atoms with Gasteiger partial charge in [-0.05, 0) is 62.4 Å². The molecule has 0 spiro atoms. The van der Waals surface area contributed by atoms with E-state index < -0.39 is 0 Å². The second-order valence-electron chi connectivity index (χ2n) is 5.52. The zero-order valence-electron chi connectivity index (χ0n) is 12.0. The second kappa shape index (κ2) is 6.94. The third kappa shape index (κ3) is 3.35. The molecule has 0 N–H and O–H groups in total. The Morgan fingerprint density at radius 3 is 2.50 bits per heavy atom. The summed E-state index contributed by atoms with van der Waals surface area (Å²) in [4.78, 5) is 2.65. The second-order valence-corrected chi connectivity index (χ2v) is 5.52. The van der Waals surface area contributed by atoms with Crippen molar-refractivity contribution in [3.63, 3.8) is 0 Å². The van der Waals surface area contributed by atoms with Crippen LogP contribution in [0.3, 0.4) is 0 Å². The third-order valence-electron chi connectivity index (χ3n) is 4.29. The number of aryl methyl sites for hydroxylation is 1. The molecule has 18 heavy (non-hydrogen) atoms. The summed E-state index contributed by atoms with van der Waals surface area (Å²) < 4.78 is 0. The first-order chi connectivity index (χ1) is 8.85. The summed E-state index contributed by atoms with van der Waals surface area (Å²) in [5.74, 6) is 0.805. The first-order valence-corrected chi connectivity index (χ1v) is 7.65. The molecule has 1 fully saturated rings. The minimum Gasteiger partial charge on any atom is -0.303 e. The Hall–Kier alpha value is -0.820. The SMILES string of the molecule is CCCCN1CCC(c2ccccc2CC)CC1. The number of hydrogen-bond acceptors (Lipinski definition) is 1. The van der Waals surface area contributed by atoms with Crippen molar-refractivity contribution in [3.05, 3.63) is 35.4 Å². The molecule has 1 aromatic carbocycles. The number of rotatable bonds is 5. The Kier molecular flexibility index (Phi) is 5.25. The summed E-state index contributed by atoms with van der Waals surface area (Å²) in [5, 5.41) is 0. The van der Waals surface area contributed by atoms with E-state index in [4.69, 9.17) is 0 Å². The normalized spacial score (nSPS) is 18.1. The average Bonchev–Trinajstić information content (AvgIpc) is 2.45. The predicted molar refractivity (Wildman–Crippen MR) is 79.1 cm³/mol.